The highest BCUT2D eigenvalue weighted by Gasteiger charge is 2.05. The van der Waals surface area contributed by atoms with E-state index in [2.05, 4.69) is 15.5 Å². The van der Waals surface area contributed by atoms with Crippen LogP contribution in [0.2, 0.25) is 0 Å². The first kappa shape index (κ1) is 13.0. The Kier molecular flexibility index (Phi) is 4.03. The van der Waals surface area contributed by atoms with Crippen molar-refractivity contribution in [2.24, 2.45) is 5.10 Å². The van der Waals surface area contributed by atoms with E-state index < -0.39 is 0 Å². The second-order valence-corrected chi connectivity index (χ2v) is 4.19. The molecule has 0 unspecified atom stereocenters. The molecule has 19 heavy (non-hydrogen) atoms. The van der Waals surface area contributed by atoms with Gasteiger partial charge in [-0.2, -0.15) is 5.10 Å². The number of nitrogens with one attached hydrogen (secondary N) is 1. The summed E-state index contributed by atoms with van der Waals surface area (Å²) >= 11 is 0. The molecule has 0 aliphatic carbocycles. The van der Waals surface area contributed by atoms with Crippen LogP contribution in [0, 0.1) is 6.92 Å². The lowest BCUT2D eigenvalue weighted by molar-refractivity contribution is 0.0954. The van der Waals surface area contributed by atoms with Gasteiger partial charge >= 0.3 is 0 Å². The molecule has 1 aromatic carbocycles. The van der Waals surface area contributed by atoms with Crippen molar-refractivity contribution in [1.29, 1.82) is 0 Å². The number of carbonyl (C=O) groups is 1. The summed E-state index contributed by atoms with van der Waals surface area (Å²) in [6.07, 6.45) is 3.15. The predicted molar refractivity (Wildman–Crippen MR) is 75.1 cm³/mol. The van der Waals surface area contributed by atoms with Crippen LogP contribution in [-0.4, -0.2) is 16.6 Å². The van der Waals surface area contributed by atoms with Gasteiger partial charge in [0.05, 0.1) is 5.71 Å². The summed E-state index contributed by atoms with van der Waals surface area (Å²) in [5.41, 5.74) is 6.01. The second-order valence-electron chi connectivity index (χ2n) is 4.19. The highest BCUT2D eigenvalue weighted by molar-refractivity contribution is 6.01. The molecule has 4 heteroatoms. The van der Waals surface area contributed by atoms with E-state index in [4.69, 9.17) is 0 Å². The van der Waals surface area contributed by atoms with E-state index in [9.17, 15) is 4.79 Å². The molecule has 0 saturated heterocycles. The number of hydrogen-bond acceptors (Lipinski definition) is 3. The monoisotopic (exact) mass is 253 g/mol. The molecule has 0 saturated carbocycles. The van der Waals surface area contributed by atoms with Gasteiger partial charge in [-0.15, -0.1) is 0 Å². The lowest BCUT2D eigenvalue weighted by Crippen LogP contribution is -2.19. The van der Waals surface area contributed by atoms with E-state index in [-0.39, 0.29) is 5.91 Å². The zero-order chi connectivity index (χ0) is 13.7. The number of nitrogens with zero attached hydrogens (tertiary/aromatic N) is 2. The number of pyridine rings is 1. The number of aryl methyl sites for hydroxylation is 1. The van der Waals surface area contributed by atoms with Crippen molar-refractivity contribution in [1.82, 2.24) is 10.4 Å². The largest absolute Gasteiger partial charge is 0.271 e. The quantitative estimate of drug-likeness (QED) is 0.675. The third-order valence-electron chi connectivity index (χ3n) is 2.80. The highest BCUT2D eigenvalue weighted by atomic mass is 16.2. The predicted octanol–water partition coefficient (Wildman–Crippen LogP) is 2.54. The molecule has 0 radical (unpaired) electrons. The number of carbonyl (C=O) groups excluding carboxylic acids is 1. The average Bonchev–Trinajstić information content (AvgIpc) is 2.46. The standard InChI is InChI=1S/C15H15N3O/c1-11-5-3-4-6-14(11)12(2)17-18-15(19)13-7-9-16-10-8-13/h3-10H,1-2H3,(H,18,19)/b17-12-. The molecule has 0 spiro atoms. The maximum Gasteiger partial charge on any atom is 0.271 e. The molecule has 0 atom stereocenters. The Morgan fingerprint density at radius 3 is 2.53 bits per heavy atom. The molecule has 1 amide bonds. The molecule has 0 aliphatic heterocycles. The minimum absolute atomic E-state index is 0.240. The van der Waals surface area contributed by atoms with E-state index in [0.29, 0.717) is 5.56 Å². The number of aromatic nitrogens is 1. The molecule has 2 aromatic rings. The van der Waals surface area contributed by atoms with Gasteiger partial charge in [0.2, 0.25) is 0 Å². The smallest absolute Gasteiger partial charge is 0.267 e. The zero-order valence-corrected chi connectivity index (χ0v) is 10.9. The summed E-state index contributed by atoms with van der Waals surface area (Å²) in [7, 11) is 0. The lowest BCUT2D eigenvalue weighted by Gasteiger charge is -2.05. The fraction of sp³-hybridized carbons (Fsp3) is 0.133. The number of rotatable bonds is 3. The van der Waals surface area contributed by atoms with Gasteiger partial charge in [-0.05, 0) is 31.5 Å². The first-order valence-corrected chi connectivity index (χ1v) is 5.99. The first-order valence-electron chi connectivity index (χ1n) is 5.99. The summed E-state index contributed by atoms with van der Waals surface area (Å²) < 4.78 is 0. The van der Waals surface area contributed by atoms with Gasteiger partial charge in [0.25, 0.3) is 5.91 Å². The van der Waals surface area contributed by atoms with Crippen molar-refractivity contribution in [3.05, 3.63) is 65.5 Å². The number of benzene rings is 1. The van der Waals surface area contributed by atoms with Crippen LogP contribution < -0.4 is 5.43 Å². The van der Waals surface area contributed by atoms with Gasteiger partial charge in [0.1, 0.15) is 0 Å². The Balaban J connectivity index is 2.11. The molecule has 0 aliphatic rings. The van der Waals surface area contributed by atoms with Gasteiger partial charge in [0.15, 0.2) is 0 Å². The van der Waals surface area contributed by atoms with E-state index in [1.807, 2.05) is 38.1 Å². The Morgan fingerprint density at radius 2 is 1.84 bits per heavy atom. The third kappa shape index (κ3) is 3.25. The molecule has 4 nitrogen and oxygen atoms in total. The Hall–Kier alpha value is -2.49. The number of amides is 1. The van der Waals surface area contributed by atoms with Crippen LogP contribution in [-0.2, 0) is 0 Å². The van der Waals surface area contributed by atoms with Crippen LogP contribution in [0.1, 0.15) is 28.4 Å². The van der Waals surface area contributed by atoms with Gasteiger partial charge in [-0.3, -0.25) is 9.78 Å². The van der Waals surface area contributed by atoms with Crippen molar-refractivity contribution in [2.75, 3.05) is 0 Å². The van der Waals surface area contributed by atoms with Gasteiger partial charge < -0.3 is 0 Å². The molecule has 1 heterocycles. The minimum Gasteiger partial charge on any atom is -0.267 e. The Morgan fingerprint density at radius 1 is 1.16 bits per heavy atom. The molecule has 0 fully saturated rings. The Bertz CT molecular complexity index is 606. The summed E-state index contributed by atoms with van der Waals surface area (Å²) in [4.78, 5) is 15.7. The van der Waals surface area contributed by atoms with Crippen molar-refractivity contribution in [3.63, 3.8) is 0 Å². The molecule has 0 bridgehead atoms. The lowest BCUT2D eigenvalue weighted by atomic mass is 10.1. The first-order chi connectivity index (χ1) is 9.18. The van der Waals surface area contributed by atoms with Crippen LogP contribution in [0.25, 0.3) is 0 Å². The van der Waals surface area contributed by atoms with E-state index in [1.165, 1.54) is 0 Å². The summed E-state index contributed by atoms with van der Waals surface area (Å²) in [6.45, 7) is 3.88. The van der Waals surface area contributed by atoms with E-state index in [1.54, 1.807) is 24.5 Å². The SMILES string of the molecule is C/C(=N/NC(=O)c1ccncc1)c1ccccc1C. The van der Waals surface area contributed by atoms with Gasteiger partial charge in [-0.1, -0.05) is 24.3 Å². The number of hydrazone groups is 1. The van der Waals surface area contributed by atoms with Crippen LogP contribution in [0.5, 0.6) is 0 Å². The van der Waals surface area contributed by atoms with Crippen molar-refractivity contribution in [2.45, 2.75) is 13.8 Å². The normalized spacial score (nSPS) is 11.2. The molecule has 96 valence electrons. The fourth-order valence-corrected chi connectivity index (χ4v) is 1.74. The molecule has 2 rings (SSSR count). The zero-order valence-electron chi connectivity index (χ0n) is 10.9. The van der Waals surface area contributed by atoms with Crippen molar-refractivity contribution >= 4 is 11.6 Å². The van der Waals surface area contributed by atoms with E-state index >= 15 is 0 Å². The fourth-order valence-electron chi connectivity index (χ4n) is 1.74. The average molecular weight is 253 g/mol. The molecule has 1 N–H and O–H groups in total. The summed E-state index contributed by atoms with van der Waals surface area (Å²) in [6, 6.07) is 11.2. The van der Waals surface area contributed by atoms with Crippen LogP contribution in [0.15, 0.2) is 53.9 Å². The van der Waals surface area contributed by atoms with Crippen LogP contribution in [0.3, 0.4) is 0 Å². The van der Waals surface area contributed by atoms with Gasteiger partial charge in [0, 0.05) is 23.5 Å². The Labute approximate surface area is 112 Å². The molecule has 1 aromatic heterocycles. The maximum absolute atomic E-state index is 11.8. The van der Waals surface area contributed by atoms with Crippen molar-refractivity contribution in [3.8, 4) is 0 Å². The molecular weight excluding hydrogens is 238 g/mol. The second kappa shape index (κ2) is 5.91. The minimum atomic E-state index is -0.240. The van der Waals surface area contributed by atoms with Gasteiger partial charge in [-0.25, -0.2) is 5.43 Å². The highest BCUT2D eigenvalue weighted by Crippen LogP contribution is 2.08. The summed E-state index contributed by atoms with van der Waals surface area (Å²) in [5.74, 6) is -0.240. The molecular formula is C15H15N3O. The summed E-state index contributed by atoms with van der Waals surface area (Å²) in [5, 5.41) is 4.13. The van der Waals surface area contributed by atoms with E-state index in [0.717, 1.165) is 16.8 Å². The maximum atomic E-state index is 11.8. The van der Waals surface area contributed by atoms with Crippen LogP contribution >= 0.6 is 0 Å². The third-order valence-corrected chi connectivity index (χ3v) is 2.80. The van der Waals surface area contributed by atoms with Crippen LogP contribution in [0.4, 0.5) is 0 Å². The number of hydrogen-bond donors (Lipinski definition) is 1. The topological polar surface area (TPSA) is 54.4 Å². The van der Waals surface area contributed by atoms with Crippen molar-refractivity contribution < 1.29 is 4.79 Å².